The van der Waals surface area contributed by atoms with E-state index >= 15 is 0 Å². The summed E-state index contributed by atoms with van der Waals surface area (Å²) in [4.78, 5) is 0. The zero-order valence-corrected chi connectivity index (χ0v) is 14.8. The molecule has 3 nitrogen and oxygen atoms in total. The number of ether oxygens (including phenoxy) is 1. The van der Waals surface area contributed by atoms with Crippen LogP contribution in [0.2, 0.25) is 10.0 Å². The summed E-state index contributed by atoms with van der Waals surface area (Å²) in [5.41, 5.74) is 1.91. The Hall–Kier alpha value is -0.910. The van der Waals surface area contributed by atoms with Crippen LogP contribution in [0.4, 0.5) is 0 Å². The summed E-state index contributed by atoms with van der Waals surface area (Å²) >= 11 is 11.6. The number of rotatable bonds is 8. The number of aliphatic hydroxyl groups excluding tert-OH is 1. The molecule has 0 aromatic heterocycles. The van der Waals surface area contributed by atoms with E-state index in [0.717, 1.165) is 11.1 Å². The number of hydrogen-bond donors (Lipinski definition) is 1. The normalized spacial score (nSPS) is 13.7. The highest BCUT2D eigenvalue weighted by atomic mass is 35.5. The molecule has 2 aromatic rings. The van der Waals surface area contributed by atoms with Gasteiger partial charge in [0.2, 0.25) is 0 Å². The molecule has 0 amide bonds. The Kier molecular flexibility index (Phi) is 7.53. The number of halogens is 2. The maximum atomic E-state index is 12.0. The minimum absolute atomic E-state index is 0.148. The lowest BCUT2D eigenvalue weighted by molar-refractivity contribution is 0.0394. The molecule has 2 atom stereocenters. The van der Waals surface area contributed by atoms with Gasteiger partial charge in [0.05, 0.1) is 25.1 Å². The lowest BCUT2D eigenvalue weighted by Crippen LogP contribution is -2.23. The van der Waals surface area contributed by atoms with Gasteiger partial charge in [0.1, 0.15) is 0 Å². The van der Waals surface area contributed by atoms with E-state index in [0.29, 0.717) is 22.4 Å². The minimum Gasteiger partial charge on any atom is -0.390 e. The van der Waals surface area contributed by atoms with Crippen molar-refractivity contribution in [1.29, 1.82) is 0 Å². The van der Waals surface area contributed by atoms with Crippen LogP contribution < -0.4 is 0 Å². The molecule has 0 bridgehead atoms. The summed E-state index contributed by atoms with van der Waals surface area (Å²) < 4.78 is 17.5. The third-order valence-corrected chi connectivity index (χ3v) is 5.03. The van der Waals surface area contributed by atoms with Crippen molar-refractivity contribution in [3.8, 4) is 0 Å². The Balaban J connectivity index is 1.69. The highest BCUT2D eigenvalue weighted by molar-refractivity contribution is 7.84. The van der Waals surface area contributed by atoms with Crippen LogP contribution in [0, 0.1) is 0 Å². The molecule has 0 aliphatic rings. The van der Waals surface area contributed by atoms with Gasteiger partial charge < -0.3 is 9.84 Å². The smallest absolute Gasteiger partial charge is 0.0888 e. The molecular weight excluding hydrogens is 355 g/mol. The maximum absolute atomic E-state index is 12.0. The molecule has 0 spiro atoms. The average Bonchev–Trinajstić information content (AvgIpc) is 2.51. The monoisotopic (exact) mass is 372 g/mol. The van der Waals surface area contributed by atoms with E-state index in [1.165, 1.54) is 0 Å². The van der Waals surface area contributed by atoms with E-state index in [1.54, 1.807) is 24.3 Å². The van der Waals surface area contributed by atoms with E-state index in [4.69, 9.17) is 27.9 Å². The highest BCUT2D eigenvalue weighted by Gasteiger charge is 2.10. The third kappa shape index (κ3) is 7.02. The van der Waals surface area contributed by atoms with Gasteiger partial charge in [-0.25, -0.2) is 0 Å². The Labute approximate surface area is 148 Å². The first kappa shape index (κ1) is 18.4. The van der Waals surface area contributed by atoms with Gasteiger partial charge >= 0.3 is 0 Å². The molecule has 124 valence electrons. The van der Waals surface area contributed by atoms with Gasteiger partial charge in [-0.3, -0.25) is 4.21 Å². The van der Waals surface area contributed by atoms with E-state index in [2.05, 4.69) is 0 Å². The molecule has 0 saturated heterocycles. The van der Waals surface area contributed by atoms with Crippen LogP contribution in [-0.2, 0) is 27.9 Å². The lowest BCUT2D eigenvalue weighted by atomic mass is 10.2. The molecule has 0 fully saturated rings. The van der Waals surface area contributed by atoms with Crippen molar-refractivity contribution in [1.82, 2.24) is 0 Å². The minimum atomic E-state index is -1.15. The van der Waals surface area contributed by atoms with Crippen LogP contribution in [0.5, 0.6) is 0 Å². The summed E-state index contributed by atoms with van der Waals surface area (Å²) in [6.07, 6.45) is -0.754. The predicted molar refractivity (Wildman–Crippen MR) is 95.3 cm³/mol. The SMILES string of the molecule is O=[S@@](Cc1ccc(Cl)cc1)C[C@H](O)COCc1ccc(Cl)cc1. The van der Waals surface area contributed by atoms with E-state index < -0.39 is 16.9 Å². The Morgan fingerprint density at radius 1 is 0.957 bits per heavy atom. The summed E-state index contributed by atoms with van der Waals surface area (Å²) in [7, 11) is -1.15. The van der Waals surface area contributed by atoms with Crippen molar-refractivity contribution >= 4 is 34.0 Å². The Bertz CT molecular complexity index is 629. The molecule has 2 aromatic carbocycles. The largest absolute Gasteiger partial charge is 0.390 e. The average molecular weight is 373 g/mol. The van der Waals surface area contributed by atoms with Crippen molar-refractivity contribution in [2.75, 3.05) is 12.4 Å². The topological polar surface area (TPSA) is 46.5 Å². The third-order valence-electron chi connectivity index (χ3n) is 3.11. The van der Waals surface area contributed by atoms with E-state index in [1.807, 2.05) is 24.3 Å². The zero-order valence-electron chi connectivity index (χ0n) is 12.5. The van der Waals surface area contributed by atoms with Crippen LogP contribution in [0.15, 0.2) is 48.5 Å². The van der Waals surface area contributed by atoms with Crippen molar-refractivity contribution in [2.24, 2.45) is 0 Å². The zero-order chi connectivity index (χ0) is 16.7. The van der Waals surface area contributed by atoms with Crippen molar-refractivity contribution in [3.63, 3.8) is 0 Å². The van der Waals surface area contributed by atoms with Gasteiger partial charge in [-0.05, 0) is 35.4 Å². The lowest BCUT2D eigenvalue weighted by Gasteiger charge is -2.11. The summed E-state index contributed by atoms with van der Waals surface area (Å²) in [6.45, 7) is 0.535. The molecular formula is C17H18Cl2O3S. The Morgan fingerprint density at radius 3 is 2.04 bits per heavy atom. The van der Waals surface area contributed by atoms with E-state index in [9.17, 15) is 9.32 Å². The first-order valence-electron chi connectivity index (χ1n) is 7.12. The number of hydrogen-bond acceptors (Lipinski definition) is 3. The van der Waals surface area contributed by atoms with Crippen LogP contribution >= 0.6 is 23.2 Å². The molecule has 1 N–H and O–H groups in total. The van der Waals surface area contributed by atoms with Gasteiger partial charge in [-0.1, -0.05) is 47.5 Å². The molecule has 6 heteroatoms. The van der Waals surface area contributed by atoms with Gasteiger partial charge in [0, 0.05) is 26.6 Å². The quantitative estimate of drug-likeness (QED) is 0.765. The maximum Gasteiger partial charge on any atom is 0.0888 e. The van der Waals surface area contributed by atoms with Crippen molar-refractivity contribution in [3.05, 3.63) is 69.7 Å². The van der Waals surface area contributed by atoms with Crippen molar-refractivity contribution in [2.45, 2.75) is 18.5 Å². The van der Waals surface area contributed by atoms with Crippen LogP contribution in [0.25, 0.3) is 0 Å². The summed E-state index contributed by atoms with van der Waals surface area (Å²) in [5.74, 6) is 0.578. The molecule has 0 aliphatic heterocycles. The molecule has 23 heavy (non-hydrogen) atoms. The highest BCUT2D eigenvalue weighted by Crippen LogP contribution is 2.12. The molecule has 0 radical (unpaired) electrons. The summed E-state index contributed by atoms with van der Waals surface area (Å²) in [5, 5.41) is 11.2. The predicted octanol–water partition coefficient (Wildman–Crippen LogP) is 3.82. The molecule has 0 aliphatic carbocycles. The van der Waals surface area contributed by atoms with Crippen LogP contribution in [-0.4, -0.2) is 27.8 Å². The van der Waals surface area contributed by atoms with E-state index in [-0.39, 0.29) is 12.4 Å². The second kappa shape index (κ2) is 9.40. The fraction of sp³-hybridized carbons (Fsp3) is 0.294. The Morgan fingerprint density at radius 2 is 1.48 bits per heavy atom. The van der Waals surface area contributed by atoms with Crippen LogP contribution in [0.3, 0.4) is 0 Å². The fourth-order valence-corrected chi connectivity index (χ4v) is 3.44. The second-order valence-electron chi connectivity index (χ2n) is 5.17. The summed E-state index contributed by atoms with van der Waals surface area (Å²) in [6, 6.07) is 14.5. The van der Waals surface area contributed by atoms with Crippen LogP contribution in [0.1, 0.15) is 11.1 Å². The number of aliphatic hydroxyl groups is 1. The molecule has 0 unspecified atom stereocenters. The van der Waals surface area contributed by atoms with Gasteiger partial charge in [-0.15, -0.1) is 0 Å². The number of benzene rings is 2. The first-order valence-corrected chi connectivity index (χ1v) is 9.37. The molecule has 2 rings (SSSR count). The standard InChI is InChI=1S/C17H18Cl2O3S/c18-15-5-1-13(2-6-15)9-22-10-17(20)12-23(21)11-14-3-7-16(19)8-4-14/h1-8,17,20H,9-12H2/t17-,23+/m1/s1. The molecule has 0 saturated carbocycles. The second-order valence-corrected chi connectivity index (χ2v) is 7.55. The first-order chi connectivity index (χ1) is 11.0. The fourth-order valence-electron chi connectivity index (χ4n) is 1.98. The van der Waals surface area contributed by atoms with Gasteiger partial charge in [0.15, 0.2) is 0 Å². The van der Waals surface area contributed by atoms with Crippen molar-refractivity contribution < 1.29 is 14.1 Å². The van der Waals surface area contributed by atoms with Gasteiger partial charge in [0.25, 0.3) is 0 Å². The van der Waals surface area contributed by atoms with Gasteiger partial charge in [-0.2, -0.15) is 0 Å². The molecule has 0 heterocycles.